The highest BCUT2D eigenvalue weighted by Gasteiger charge is 2.45. The van der Waals surface area contributed by atoms with Crippen LogP contribution in [0.2, 0.25) is 0 Å². The minimum Gasteiger partial charge on any atom is -0.264 e. The number of nitrogens with zero attached hydrogens (tertiary/aromatic N) is 1. The highest BCUT2D eigenvalue weighted by atomic mass is 16.6. The van der Waals surface area contributed by atoms with Crippen LogP contribution in [0.15, 0.2) is 0 Å². The maximum atomic E-state index is 10.3. The third-order valence-electron chi connectivity index (χ3n) is 3.02. The van der Waals surface area contributed by atoms with Gasteiger partial charge in [-0.15, -0.1) is 0 Å². The second-order valence-electron chi connectivity index (χ2n) is 3.51. The maximum Gasteiger partial charge on any atom is 0.213 e. The third-order valence-corrected chi connectivity index (χ3v) is 3.02. The summed E-state index contributed by atoms with van der Waals surface area (Å²) in [5.41, 5.74) is 0. The van der Waals surface area contributed by atoms with Crippen molar-refractivity contribution in [2.24, 2.45) is 11.8 Å². The number of fused-ring (bicyclic) bond motifs is 1. The van der Waals surface area contributed by atoms with Crippen LogP contribution in [0, 0.1) is 22.0 Å². The van der Waals surface area contributed by atoms with Gasteiger partial charge in [-0.1, -0.05) is 0 Å². The van der Waals surface area contributed by atoms with E-state index in [9.17, 15) is 10.1 Å². The quantitative estimate of drug-likeness (QED) is 0.409. The van der Waals surface area contributed by atoms with Crippen LogP contribution in [0.3, 0.4) is 0 Å². The van der Waals surface area contributed by atoms with Crippen LogP contribution < -0.4 is 0 Å². The van der Waals surface area contributed by atoms with Gasteiger partial charge in [0, 0.05) is 17.8 Å². The van der Waals surface area contributed by atoms with E-state index in [1.807, 2.05) is 0 Å². The molecule has 2 saturated carbocycles. The zero-order valence-corrected chi connectivity index (χ0v) is 5.82. The van der Waals surface area contributed by atoms with Crippen molar-refractivity contribution < 1.29 is 4.92 Å². The molecule has 0 spiro atoms. The normalized spacial score (nSPS) is 44.2. The average Bonchev–Trinajstić information content (AvgIpc) is 2.09. The topological polar surface area (TPSA) is 43.1 Å². The molecule has 2 aliphatic carbocycles. The molecule has 2 fully saturated rings. The predicted molar refractivity (Wildman–Crippen MR) is 36.2 cm³/mol. The predicted octanol–water partition coefficient (Wildman–Crippen LogP) is 1.45. The summed E-state index contributed by atoms with van der Waals surface area (Å²) in [4.78, 5) is 10.2. The molecule has 2 atom stereocenters. The summed E-state index contributed by atoms with van der Waals surface area (Å²) in [7, 11) is 0. The van der Waals surface area contributed by atoms with E-state index in [0.717, 1.165) is 24.7 Å². The van der Waals surface area contributed by atoms with E-state index < -0.39 is 0 Å². The first-order valence-electron chi connectivity index (χ1n) is 3.91. The molecule has 0 bridgehead atoms. The number of hydrogen-bond acceptors (Lipinski definition) is 2. The van der Waals surface area contributed by atoms with Crippen LogP contribution >= 0.6 is 0 Å². The van der Waals surface area contributed by atoms with Crippen LogP contribution in [0.25, 0.3) is 0 Å². The van der Waals surface area contributed by atoms with Crippen molar-refractivity contribution in [1.29, 1.82) is 0 Å². The molecular weight excluding hydrogens is 130 g/mol. The van der Waals surface area contributed by atoms with E-state index in [2.05, 4.69) is 0 Å². The van der Waals surface area contributed by atoms with Crippen molar-refractivity contribution in [3.05, 3.63) is 10.1 Å². The van der Waals surface area contributed by atoms with E-state index in [1.165, 1.54) is 12.8 Å². The molecule has 0 amide bonds. The molecule has 0 aromatic carbocycles. The van der Waals surface area contributed by atoms with Gasteiger partial charge in [-0.05, 0) is 24.7 Å². The van der Waals surface area contributed by atoms with Crippen molar-refractivity contribution in [2.75, 3.05) is 0 Å². The number of hydrogen-bond donors (Lipinski definition) is 0. The fraction of sp³-hybridized carbons (Fsp3) is 1.00. The molecule has 0 aromatic heterocycles. The van der Waals surface area contributed by atoms with E-state index >= 15 is 0 Å². The molecule has 3 heteroatoms. The Labute approximate surface area is 59.6 Å². The van der Waals surface area contributed by atoms with Crippen molar-refractivity contribution in [3.63, 3.8) is 0 Å². The maximum absolute atomic E-state index is 10.3. The lowest BCUT2D eigenvalue weighted by Gasteiger charge is -2.28. The van der Waals surface area contributed by atoms with Crippen LogP contribution in [0.1, 0.15) is 25.7 Å². The monoisotopic (exact) mass is 141 g/mol. The summed E-state index contributed by atoms with van der Waals surface area (Å²) in [5.74, 6) is 1.44. The molecule has 0 N–H and O–H groups in total. The minimum atomic E-state index is -0.197. The summed E-state index contributed by atoms with van der Waals surface area (Å²) in [5, 5.41) is 10.3. The molecule has 2 rings (SSSR count). The lowest BCUT2D eigenvalue weighted by molar-refractivity contribution is -0.521. The molecule has 2 unspecified atom stereocenters. The Kier molecular flexibility index (Phi) is 1.19. The SMILES string of the molecule is O=[N+]([O-])C1CC2CCC2C1. The Balaban J connectivity index is 1.98. The molecule has 2 aliphatic rings. The van der Waals surface area contributed by atoms with Gasteiger partial charge < -0.3 is 0 Å². The fourth-order valence-electron chi connectivity index (χ4n) is 2.23. The Bertz CT molecular complexity index is 157. The Morgan fingerprint density at radius 3 is 2.00 bits per heavy atom. The Hall–Kier alpha value is -0.600. The van der Waals surface area contributed by atoms with Crippen molar-refractivity contribution in [1.82, 2.24) is 0 Å². The van der Waals surface area contributed by atoms with Gasteiger partial charge in [-0.2, -0.15) is 0 Å². The molecule has 0 aliphatic heterocycles. The van der Waals surface area contributed by atoms with Crippen LogP contribution in [0.5, 0.6) is 0 Å². The Morgan fingerprint density at radius 2 is 1.70 bits per heavy atom. The molecule has 0 radical (unpaired) electrons. The number of nitro groups is 1. The minimum absolute atomic E-state index is 0.0989. The van der Waals surface area contributed by atoms with Crippen LogP contribution in [0.4, 0.5) is 0 Å². The fourth-order valence-corrected chi connectivity index (χ4v) is 2.23. The van der Waals surface area contributed by atoms with Gasteiger partial charge in [0.15, 0.2) is 0 Å². The average molecular weight is 141 g/mol. The van der Waals surface area contributed by atoms with Crippen LogP contribution in [-0.2, 0) is 0 Å². The Morgan fingerprint density at radius 1 is 1.20 bits per heavy atom. The standard InChI is InChI=1S/C7H11NO2/c9-8(10)7-3-5-1-2-6(5)4-7/h5-7H,1-4H2. The highest BCUT2D eigenvalue weighted by molar-refractivity contribution is 4.90. The smallest absolute Gasteiger partial charge is 0.213 e. The second-order valence-corrected chi connectivity index (χ2v) is 3.51. The molecular formula is C7H11NO2. The first-order chi connectivity index (χ1) is 4.77. The van der Waals surface area contributed by atoms with Crippen LogP contribution in [-0.4, -0.2) is 11.0 Å². The summed E-state index contributed by atoms with van der Waals surface area (Å²) in [6.07, 6.45) is 4.21. The first kappa shape index (κ1) is 6.13. The molecule has 56 valence electrons. The van der Waals surface area contributed by atoms with Gasteiger partial charge in [0.05, 0.1) is 0 Å². The van der Waals surface area contributed by atoms with Gasteiger partial charge >= 0.3 is 0 Å². The van der Waals surface area contributed by atoms with Gasteiger partial charge in [-0.3, -0.25) is 10.1 Å². The van der Waals surface area contributed by atoms with Crippen molar-refractivity contribution in [2.45, 2.75) is 31.7 Å². The summed E-state index contributed by atoms with van der Waals surface area (Å²) in [6.45, 7) is 0. The molecule has 10 heavy (non-hydrogen) atoms. The molecule has 0 saturated heterocycles. The zero-order chi connectivity index (χ0) is 7.14. The summed E-state index contributed by atoms with van der Waals surface area (Å²) in [6, 6.07) is -0.197. The van der Waals surface area contributed by atoms with Crippen molar-refractivity contribution >= 4 is 0 Å². The lowest BCUT2D eigenvalue weighted by Crippen LogP contribution is -2.18. The van der Waals surface area contributed by atoms with Crippen molar-refractivity contribution in [3.8, 4) is 0 Å². The van der Waals surface area contributed by atoms with Gasteiger partial charge in [0.1, 0.15) is 0 Å². The second kappa shape index (κ2) is 1.94. The van der Waals surface area contributed by atoms with Gasteiger partial charge in [-0.25, -0.2) is 0 Å². The third kappa shape index (κ3) is 0.728. The zero-order valence-electron chi connectivity index (χ0n) is 5.82. The first-order valence-corrected chi connectivity index (χ1v) is 3.91. The number of rotatable bonds is 1. The molecule has 0 aromatic rings. The highest BCUT2D eigenvalue weighted by Crippen LogP contribution is 2.47. The molecule has 3 nitrogen and oxygen atoms in total. The van der Waals surface area contributed by atoms with E-state index in [4.69, 9.17) is 0 Å². The van der Waals surface area contributed by atoms with E-state index in [-0.39, 0.29) is 11.0 Å². The lowest BCUT2D eigenvalue weighted by atomic mass is 9.77. The summed E-state index contributed by atoms with van der Waals surface area (Å²) >= 11 is 0. The van der Waals surface area contributed by atoms with Gasteiger partial charge in [0.25, 0.3) is 0 Å². The van der Waals surface area contributed by atoms with E-state index in [0.29, 0.717) is 0 Å². The largest absolute Gasteiger partial charge is 0.264 e. The van der Waals surface area contributed by atoms with Gasteiger partial charge in [0.2, 0.25) is 6.04 Å². The summed E-state index contributed by atoms with van der Waals surface area (Å²) < 4.78 is 0. The van der Waals surface area contributed by atoms with E-state index in [1.54, 1.807) is 0 Å². The molecule has 0 heterocycles.